The van der Waals surface area contributed by atoms with Crippen LogP contribution in [0.4, 0.5) is 10.1 Å². The van der Waals surface area contributed by atoms with Gasteiger partial charge >= 0.3 is 0 Å². The van der Waals surface area contributed by atoms with E-state index in [1.54, 1.807) is 24.4 Å². The summed E-state index contributed by atoms with van der Waals surface area (Å²) in [6.45, 7) is 11.5. The van der Waals surface area contributed by atoms with Crippen molar-refractivity contribution in [3.05, 3.63) is 65.2 Å². The number of rotatable bonds is 4. The highest BCUT2D eigenvalue weighted by Crippen LogP contribution is 2.40. The lowest BCUT2D eigenvalue weighted by molar-refractivity contribution is 0.570. The molecule has 2 aromatic carbocycles. The van der Waals surface area contributed by atoms with E-state index in [1.807, 2.05) is 13.0 Å². The van der Waals surface area contributed by atoms with Crippen molar-refractivity contribution in [3.8, 4) is 22.6 Å². The second-order valence-electron chi connectivity index (χ2n) is 6.48. The first kappa shape index (κ1) is 17.0. The number of aryl methyl sites for hydroxylation is 2. The highest BCUT2D eigenvalue weighted by molar-refractivity contribution is 5.99. The maximum absolute atomic E-state index is 15.0. The van der Waals surface area contributed by atoms with Gasteiger partial charge in [-0.1, -0.05) is 25.5 Å². The molecule has 0 fully saturated rings. The van der Waals surface area contributed by atoms with E-state index in [0.29, 0.717) is 33.8 Å². The average molecular weight is 360 g/mol. The lowest BCUT2D eigenvalue weighted by atomic mass is 9.94. The normalized spacial score (nSPS) is 11.0. The minimum atomic E-state index is -0.313. The van der Waals surface area contributed by atoms with Crippen molar-refractivity contribution in [1.29, 1.82) is 0 Å². The van der Waals surface area contributed by atoms with Gasteiger partial charge in [-0.05, 0) is 42.2 Å². The van der Waals surface area contributed by atoms with Gasteiger partial charge in [-0.2, -0.15) is 5.10 Å². The molecule has 0 aliphatic heterocycles. The molecule has 0 atom stereocenters. The van der Waals surface area contributed by atoms with Crippen molar-refractivity contribution >= 4 is 16.6 Å². The number of fused-ring (bicyclic) bond motifs is 1. The summed E-state index contributed by atoms with van der Waals surface area (Å²) in [5.74, 6) is 0.200. The van der Waals surface area contributed by atoms with Crippen LogP contribution >= 0.6 is 0 Å². The molecule has 0 aliphatic rings. The fraction of sp³-hybridized carbons (Fsp3) is 0.190. The zero-order valence-corrected chi connectivity index (χ0v) is 15.0. The van der Waals surface area contributed by atoms with Crippen LogP contribution in [0, 0.1) is 19.3 Å². The van der Waals surface area contributed by atoms with Gasteiger partial charge in [0.25, 0.3) is 0 Å². The van der Waals surface area contributed by atoms with E-state index in [1.165, 1.54) is 6.39 Å². The third-order valence-corrected chi connectivity index (χ3v) is 4.62. The third kappa shape index (κ3) is 2.87. The molecule has 2 aromatic heterocycles. The Hall–Kier alpha value is -3.46. The summed E-state index contributed by atoms with van der Waals surface area (Å²) < 4.78 is 20.3. The van der Waals surface area contributed by atoms with Gasteiger partial charge in [-0.25, -0.2) is 14.2 Å². The molecule has 0 bridgehead atoms. The largest absolute Gasteiger partial charge is 0.442 e. The van der Waals surface area contributed by atoms with E-state index in [4.69, 9.17) is 11.0 Å². The predicted molar refractivity (Wildman–Crippen MR) is 102 cm³/mol. The first-order chi connectivity index (χ1) is 13.1. The number of aromatic nitrogens is 3. The number of benzene rings is 2. The molecule has 27 heavy (non-hydrogen) atoms. The predicted octanol–water partition coefficient (Wildman–Crippen LogP) is 5.84. The number of nitrogens with one attached hydrogen (secondary N) is 1. The topological polar surface area (TPSA) is 59.1 Å². The van der Waals surface area contributed by atoms with E-state index >= 15 is 0 Å². The second kappa shape index (κ2) is 6.69. The lowest BCUT2D eigenvalue weighted by Gasteiger charge is -2.12. The van der Waals surface area contributed by atoms with Crippen molar-refractivity contribution in [3.63, 3.8) is 0 Å². The van der Waals surface area contributed by atoms with Crippen LogP contribution in [0.1, 0.15) is 24.5 Å². The third-order valence-electron chi connectivity index (χ3n) is 4.62. The van der Waals surface area contributed by atoms with Gasteiger partial charge in [0, 0.05) is 10.9 Å². The fourth-order valence-electron chi connectivity index (χ4n) is 3.46. The minimum Gasteiger partial charge on any atom is -0.442 e. The smallest absolute Gasteiger partial charge is 0.197 e. The van der Waals surface area contributed by atoms with Gasteiger partial charge in [-0.3, -0.25) is 5.10 Å². The zero-order valence-electron chi connectivity index (χ0n) is 15.0. The molecule has 0 unspecified atom stereocenters. The molecule has 1 N–H and O–H groups in total. The summed E-state index contributed by atoms with van der Waals surface area (Å²) in [5, 5.41) is 7.94. The zero-order chi connectivity index (χ0) is 19.0. The standard InChI is InChI=1S/C21H17FN4O/c1-4-5-13-6-12(2)20(16(22)7-13)14-8-15-18(9-17(14)23-3)25-26-21(15)19-10-24-11-27-19/h6-11H,4-5H2,1-2H3,(H,25,26). The van der Waals surface area contributed by atoms with Crippen molar-refractivity contribution < 1.29 is 8.81 Å². The Morgan fingerprint density at radius 2 is 2.11 bits per heavy atom. The number of oxazole rings is 1. The summed E-state index contributed by atoms with van der Waals surface area (Å²) in [4.78, 5) is 7.54. The van der Waals surface area contributed by atoms with Crippen molar-refractivity contribution in [1.82, 2.24) is 15.2 Å². The molecule has 0 radical (unpaired) electrons. The molecule has 0 saturated carbocycles. The Bertz CT molecular complexity index is 1150. The van der Waals surface area contributed by atoms with Crippen LogP contribution in [-0.4, -0.2) is 15.2 Å². The van der Waals surface area contributed by atoms with Crippen LogP contribution in [0.15, 0.2) is 41.3 Å². The van der Waals surface area contributed by atoms with Crippen LogP contribution in [0.25, 0.3) is 38.3 Å². The maximum atomic E-state index is 15.0. The molecular formula is C21H17FN4O. The minimum absolute atomic E-state index is 0.313. The summed E-state index contributed by atoms with van der Waals surface area (Å²) in [5.41, 5.74) is 4.43. The fourth-order valence-corrected chi connectivity index (χ4v) is 3.46. The first-order valence-electron chi connectivity index (χ1n) is 8.70. The molecule has 0 aliphatic carbocycles. The quantitative estimate of drug-likeness (QED) is 0.465. The Kier molecular flexibility index (Phi) is 4.21. The van der Waals surface area contributed by atoms with E-state index in [2.05, 4.69) is 27.0 Å². The maximum Gasteiger partial charge on any atom is 0.197 e. The lowest BCUT2D eigenvalue weighted by Crippen LogP contribution is -1.94. The van der Waals surface area contributed by atoms with Gasteiger partial charge in [0.1, 0.15) is 11.5 Å². The van der Waals surface area contributed by atoms with E-state index < -0.39 is 0 Å². The van der Waals surface area contributed by atoms with E-state index in [9.17, 15) is 4.39 Å². The van der Waals surface area contributed by atoms with Crippen LogP contribution < -0.4 is 0 Å². The molecule has 6 heteroatoms. The molecule has 2 heterocycles. The highest BCUT2D eigenvalue weighted by atomic mass is 19.1. The van der Waals surface area contributed by atoms with Gasteiger partial charge in [0.05, 0.1) is 18.3 Å². The monoisotopic (exact) mass is 360 g/mol. The number of hydrogen-bond donors (Lipinski definition) is 1. The molecular weight excluding hydrogens is 343 g/mol. The van der Waals surface area contributed by atoms with E-state index in [-0.39, 0.29) is 5.82 Å². The molecule has 0 saturated heterocycles. The van der Waals surface area contributed by atoms with Crippen LogP contribution in [0.3, 0.4) is 0 Å². The van der Waals surface area contributed by atoms with E-state index in [0.717, 1.165) is 29.4 Å². The first-order valence-corrected chi connectivity index (χ1v) is 8.70. The van der Waals surface area contributed by atoms with Crippen LogP contribution in [-0.2, 0) is 6.42 Å². The van der Waals surface area contributed by atoms with Crippen LogP contribution in [0.5, 0.6) is 0 Å². The van der Waals surface area contributed by atoms with Crippen molar-refractivity contribution in [2.75, 3.05) is 0 Å². The SMILES string of the molecule is [C-]#[N+]c1cc2[nH]nc(-c3cnco3)c2cc1-c1c(C)cc(CCC)cc1F. The molecule has 5 nitrogen and oxygen atoms in total. The molecule has 4 aromatic rings. The van der Waals surface area contributed by atoms with Gasteiger partial charge in [0.15, 0.2) is 17.8 Å². The Morgan fingerprint density at radius 3 is 2.78 bits per heavy atom. The van der Waals surface area contributed by atoms with Crippen molar-refractivity contribution in [2.45, 2.75) is 26.7 Å². The number of halogens is 1. The number of H-pyrrole nitrogens is 1. The summed E-state index contributed by atoms with van der Waals surface area (Å²) in [6.07, 6.45) is 4.68. The van der Waals surface area contributed by atoms with Gasteiger partial charge in [-0.15, -0.1) is 0 Å². The highest BCUT2D eigenvalue weighted by Gasteiger charge is 2.19. The Balaban J connectivity index is 1.96. The number of aromatic amines is 1. The molecule has 134 valence electrons. The average Bonchev–Trinajstić information content (AvgIpc) is 3.29. The molecule has 0 amide bonds. The number of hydrogen-bond acceptors (Lipinski definition) is 3. The van der Waals surface area contributed by atoms with Gasteiger partial charge < -0.3 is 4.42 Å². The Labute approximate surface area is 155 Å². The van der Waals surface area contributed by atoms with Crippen molar-refractivity contribution in [2.24, 2.45) is 0 Å². The number of nitrogens with zero attached hydrogens (tertiary/aromatic N) is 3. The summed E-state index contributed by atoms with van der Waals surface area (Å²) >= 11 is 0. The molecule has 0 spiro atoms. The molecule has 4 rings (SSSR count). The second-order valence-corrected chi connectivity index (χ2v) is 6.48. The summed E-state index contributed by atoms with van der Waals surface area (Å²) in [6, 6.07) is 7.06. The van der Waals surface area contributed by atoms with Crippen LogP contribution in [0.2, 0.25) is 0 Å². The van der Waals surface area contributed by atoms with Gasteiger partial charge in [0.2, 0.25) is 0 Å². The summed E-state index contributed by atoms with van der Waals surface area (Å²) in [7, 11) is 0. The Morgan fingerprint density at radius 1 is 1.26 bits per heavy atom.